The van der Waals surface area contributed by atoms with Crippen molar-refractivity contribution in [3.63, 3.8) is 0 Å². The zero-order chi connectivity index (χ0) is 6.81. The fraction of sp³-hybridized carbons (Fsp3) is 0. The van der Waals surface area contributed by atoms with Gasteiger partial charge in [-0.25, -0.2) is 0 Å². The van der Waals surface area contributed by atoms with Crippen LogP contribution in [-0.2, 0) is 0 Å². The first-order valence-corrected chi connectivity index (χ1v) is 4.16. The fourth-order valence-corrected chi connectivity index (χ4v) is 1.67. The number of nitrogens with zero attached hydrogens (tertiary/aromatic N) is 4. The summed E-state index contributed by atoms with van der Waals surface area (Å²) in [5, 5.41) is 8.10. The summed E-state index contributed by atoms with van der Waals surface area (Å²) in [5.74, 6) is 0. The van der Waals surface area contributed by atoms with Crippen LogP contribution in [0.4, 0.5) is 0 Å². The van der Waals surface area contributed by atoms with Crippen molar-refractivity contribution in [3.8, 4) is 9.88 Å². The van der Waals surface area contributed by atoms with Gasteiger partial charge in [-0.15, -0.1) is 16.4 Å². The van der Waals surface area contributed by atoms with E-state index in [0.717, 1.165) is 9.88 Å². The van der Waals surface area contributed by atoms with Crippen molar-refractivity contribution in [2.45, 2.75) is 0 Å². The molecule has 0 aromatic carbocycles. The Bertz CT molecular complexity index is 255. The summed E-state index contributed by atoms with van der Waals surface area (Å²) in [6.45, 7) is 0. The maximum absolute atomic E-state index is 3.91. The molecule has 0 unspecified atom stereocenters. The van der Waals surface area contributed by atoms with Crippen molar-refractivity contribution in [1.29, 1.82) is 0 Å². The Labute approximate surface area is 64.7 Å². The summed E-state index contributed by atoms with van der Waals surface area (Å²) in [4.78, 5) is 4.93. The molecular formula is C4H2N4S2. The highest BCUT2D eigenvalue weighted by molar-refractivity contribution is 7.18. The van der Waals surface area contributed by atoms with Crippen LogP contribution in [-0.4, -0.2) is 19.8 Å². The topological polar surface area (TPSA) is 51.6 Å². The third-order valence-electron chi connectivity index (χ3n) is 0.942. The van der Waals surface area contributed by atoms with Gasteiger partial charge in [0.2, 0.25) is 0 Å². The van der Waals surface area contributed by atoms with Gasteiger partial charge in [-0.05, 0) is 5.21 Å². The largest absolute Gasteiger partial charge is 0.252 e. The van der Waals surface area contributed by atoms with Gasteiger partial charge in [0.05, 0.1) is 10.4 Å². The fourth-order valence-electron chi connectivity index (χ4n) is 0.550. The van der Waals surface area contributed by atoms with Gasteiger partial charge < -0.3 is 0 Å². The molecule has 0 aliphatic carbocycles. The zero-order valence-corrected chi connectivity index (χ0v) is 6.39. The van der Waals surface area contributed by atoms with Crippen LogP contribution in [0.15, 0.2) is 11.7 Å². The quantitative estimate of drug-likeness (QED) is 0.642. The molecule has 10 heavy (non-hydrogen) atoms. The molecule has 0 saturated heterocycles. The SMILES string of the molecule is c1ncc(-c2nnns2)s1. The van der Waals surface area contributed by atoms with Gasteiger partial charge in [0, 0.05) is 17.7 Å². The van der Waals surface area contributed by atoms with E-state index in [0.29, 0.717) is 0 Å². The van der Waals surface area contributed by atoms with Crippen LogP contribution in [0, 0.1) is 0 Å². The van der Waals surface area contributed by atoms with Gasteiger partial charge in [0.15, 0.2) is 5.01 Å². The highest BCUT2D eigenvalue weighted by atomic mass is 32.1. The van der Waals surface area contributed by atoms with E-state index in [1.165, 1.54) is 22.9 Å². The smallest absolute Gasteiger partial charge is 0.179 e. The Hall–Kier alpha value is -0.880. The molecule has 0 fully saturated rings. The highest BCUT2D eigenvalue weighted by Gasteiger charge is 2.02. The minimum absolute atomic E-state index is 0.836. The van der Waals surface area contributed by atoms with Crippen LogP contribution in [0.3, 0.4) is 0 Å². The van der Waals surface area contributed by atoms with Gasteiger partial charge in [0.1, 0.15) is 0 Å². The minimum atomic E-state index is 0.836. The second-order valence-corrected chi connectivity index (χ2v) is 3.15. The van der Waals surface area contributed by atoms with Crippen LogP contribution in [0.5, 0.6) is 0 Å². The first kappa shape index (κ1) is 5.87. The summed E-state index contributed by atoms with van der Waals surface area (Å²) in [5.41, 5.74) is 1.76. The van der Waals surface area contributed by atoms with Gasteiger partial charge >= 0.3 is 0 Å². The third kappa shape index (κ3) is 0.910. The molecule has 0 radical (unpaired) electrons. The van der Waals surface area contributed by atoms with E-state index in [9.17, 15) is 0 Å². The lowest BCUT2D eigenvalue weighted by atomic mass is 10.6. The molecule has 0 bridgehead atoms. The van der Waals surface area contributed by atoms with Crippen LogP contribution < -0.4 is 0 Å². The molecule has 0 atom stereocenters. The summed E-state index contributed by atoms with van der Waals surface area (Å²) in [6, 6.07) is 0. The van der Waals surface area contributed by atoms with Gasteiger partial charge in [0.25, 0.3) is 0 Å². The van der Waals surface area contributed by atoms with Crippen molar-refractivity contribution in [3.05, 3.63) is 11.7 Å². The lowest BCUT2D eigenvalue weighted by Crippen LogP contribution is -1.69. The maximum Gasteiger partial charge on any atom is 0.179 e. The molecule has 0 N–H and O–H groups in total. The number of hydrogen-bond acceptors (Lipinski definition) is 6. The van der Waals surface area contributed by atoms with E-state index in [2.05, 4.69) is 19.8 Å². The van der Waals surface area contributed by atoms with Crippen LogP contribution in [0.2, 0.25) is 0 Å². The molecule has 2 aromatic heterocycles. The summed E-state index contributed by atoms with van der Waals surface area (Å²) >= 11 is 2.82. The molecule has 4 nitrogen and oxygen atoms in total. The van der Waals surface area contributed by atoms with Crippen LogP contribution in [0.25, 0.3) is 9.88 Å². The van der Waals surface area contributed by atoms with Crippen molar-refractivity contribution in [2.24, 2.45) is 0 Å². The van der Waals surface area contributed by atoms with Crippen molar-refractivity contribution < 1.29 is 0 Å². The zero-order valence-electron chi connectivity index (χ0n) is 4.76. The molecule has 0 aliphatic heterocycles. The van der Waals surface area contributed by atoms with Gasteiger partial charge in [-0.3, -0.25) is 4.98 Å². The standard InChI is InChI=1S/C4H2N4S2/c1-3(9-2-5-1)4-6-7-8-10-4/h1-2H. The number of hydrogen-bond donors (Lipinski definition) is 0. The number of aromatic nitrogens is 4. The maximum atomic E-state index is 3.91. The first-order chi connectivity index (χ1) is 4.97. The first-order valence-electron chi connectivity index (χ1n) is 2.51. The Morgan fingerprint density at radius 1 is 1.40 bits per heavy atom. The van der Waals surface area contributed by atoms with E-state index in [1.54, 1.807) is 11.7 Å². The van der Waals surface area contributed by atoms with E-state index in [1.807, 2.05) is 0 Å². The molecule has 0 aliphatic rings. The monoisotopic (exact) mass is 170 g/mol. The Kier molecular flexibility index (Phi) is 1.40. The van der Waals surface area contributed by atoms with Crippen molar-refractivity contribution >= 4 is 22.9 Å². The minimum Gasteiger partial charge on any atom is -0.252 e. The molecule has 50 valence electrons. The Balaban J connectivity index is 2.48. The molecular weight excluding hydrogens is 168 g/mol. The Morgan fingerprint density at radius 2 is 2.40 bits per heavy atom. The highest BCUT2D eigenvalue weighted by Crippen LogP contribution is 2.21. The summed E-state index contributed by atoms with van der Waals surface area (Å²) in [7, 11) is 0. The van der Waals surface area contributed by atoms with E-state index >= 15 is 0 Å². The predicted octanol–water partition coefficient (Wildman–Crippen LogP) is 1.06. The molecule has 2 heterocycles. The molecule has 2 aromatic rings. The van der Waals surface area contributed by atoms with E-state index < -0.39 is 0 Å². The van der Waals surface area contributed by atoms with Crippen LogP contribution in [0.1, 0.15) is 0 Å². The normalized spacial score (nSPS) is 10.0. The molecule has 0 amide bonds. The van der Waals surface area contributed by atoms with Crippen LogP contribution >= 0.6 is 22.9 Å². The van der Waals surface area contributed by atoms with Crippen molar-refractivity contribution in [1.82, 2.24) is 19.8 Å². The molecule has 2 rings (SSSR count). The number of thiazole rings is 1. The Morgan fingerprint density at radius 3 is 3.00 bits per heavy atom. The lowest BCUT2D eigenvalue weighted by molar-refractivity contribution is 0.962. The molecule has 0 saturated carbocycles. The molecule has 0 spiro atoms. The average molecular weight is 170 g/mol. The van der Waals surface area contributed by atoms with Gasteiger partial charge in [-0.1, -0.05) is 4.49 Å². The van der Waals surface area contributed by atoms with E-state index in [-0.39, 0.29) is 0 Å². The lowest BCUT2D eigenvalue weighted by Gasteiger charge is -1.78. The van der Waals surface area contributed by atoms with Gasteiger partial charge in [-0.2, -0.15) is 0 Å². The van der Waals surface area contributed by atoms with E-state index in [4.69, 9.17) is 0 Å². The second-order valence-electron chi connectivity index (χ2n) is 1.53. The predicted molar refractivity (Wildman–Crippen MR) is 38.8 cm³/mol. The summed E-state index contributed by atoms with van der Waals surface area (Å²) in [6.07, 6.45) is 1.76. The summed E-state index contributed by atoms with van der Waals surface area (Å²) < 4.78 is 3.64. The van der Waals surface area contributed by atoms with Crippen molar-refractivity contribution in [2.75, 3.05) is 0 Å². The number of rotatable bonds is 1. The average Bonchev–Trinajstić information content (AvgIpc) is 2.59. The third-order valence-corrected chi connectivity index (χ3v) is 2.48. The second kappa shape index (κ2) is 2.39. The molecule has 6 heteroatoms.